The highest BCUT2D eigenvalue weighted by molar-refractivity contribution is 6.07. The van der Waals surface area contributed by atoms with Crippen LogP contribution in [0.3, 0.4) is 0 Å². The smallest absolute Gasteiger partial charge is 0.322 e. The van der Waals surface area contributed by atoms with Gasteiger partial charge in [0.1, 0.15) is 11.1 Å². The highest BCUT2D eigenvalue weighted by atomic mass is 16.3. The number of nitrogens with one attached hydrogen (secondary N) is 2. The predicted molar refractivity (Wildman–Crippen MR) is 119 cm³/mol. The highest BCUT2D eigenvalue weighted by Crippen LogP contribution is 2.30. The summed E-state index contributed by atoms with van der Waals surface area (Å²) in [5.41, 5.74) is 1.43. The van der Waals surface area contributed by atoms with Crippen molar-refractivity contribution in [3.63, 3.8) is 0 Å². The Bertz CT molecular complexity index is 1170. The molecule has 1 unspecified atom stereocenters. The van der Waals surface area contributed by atoms with Gasteiger partial charge in [-0.3, -0.25) is 14.9 Å². The first-order valence-corrected chi connectivity index (χ1v) is 10.7. The molecule has 0 bridgehead atoms. The summed E-state index contributed by atoms with van der Waals surface area (Å²) >= 11 is 0. The topological polar surface area (TPSA) is 94.9 Å². The van der Waals surface area contributed by atoms with E-state index in [9.17, 15) is 14.4 Å². The monoisotopic (exact) mass is 432 g/mol. The van der Waals surface area contributed by atoms with Gasteiger partial charge in [-0.2, -0.15) is 0 Å². The van der Waals surface area contributed by atoms with Crippen LogP contribution in [0.15, 0.2) is 65.3 Å². The zero-order valence-electron chi connectivity index (χ0n) is 17.5. The first-order valence-electron chi connectivity index (χ1n) is 10.7. The molecule has 164 valence electrons. The molecule has 2 saturated heterocycles. The van der Waals surface area contributed by atoms with Gasteiger partial charge in [0.15, 0.2) is 0 Å². The molecule has 2 N–H and O–H groups in total. The number of anilines is 1. The number of amides is 4. The number of nitrogens with zero attached hydrogens (tertiary/aromatic N) is 2. The van der Waals surface area contributed by atoms with E-state index in [4.69, 9.17) is 4.42 Å². The summed E-state index contributed by atoms with van der Waals surface area (Å²) in [6.45, 7) is 2.69. The number of hydrogen-bond donors (Lipinski definition) is 2. The van der Waals surface area contributed by atoms with Gasteiger partial charge in [-0.1, -0.05) is 30.3 Å². The van der Waals surface area contributed by atoms with Crippen molar-refractivity contribution in [1.29, 1.82) is 0 Å². The molecule has 5 rings (SSSR count). The molecule has 32 heavy (non-hydrogen) atoms. The van der Waals surface area contributed by atoms with Crippen LogP contribution in [0.1, 0.15) is 18.4 Å². The Morgan fingerprint density at radius 1 is 1.00 bits per heavy atom. The molecule has 4 amide bonds. The molecule has 2 fully saturated rings. The molecule has 0 spiro atoms. The lowest BCUT2D eigenvalue weighted by Gasteiger charge is -2.36. The summed E-state index contributed by atoms with van der Waals surface area (Å²) in [6.07, 6.45) is 2.06. The molecular weight excluding hydrogens is 408 g/mol. The zero-order chi connectivity index (χ0) is 22.1. The van der Waals surface area contributed by atoms with Crippen molar-refractivity contribution >= 4 is 34.5 Å². The average molecular weight is 432 g/mol. The maximum Gasteiger partial charge on any atom is 0.322 e. The molecule has 2 aliphatic heterocycles. The van der Waals surface area contributed by atoms with Crippen LogP contribution < -0.4 is 15.5 Å². The average Bonchev–Trinajstić information content (AvgIpc) is 3.41. The van der Waals surface area contributed by atoms with E-state index < -0.39 is 17.5 Å². The predicted octanol–water partition coefficient (Wildman–Crippen LogP) is 2.60. The number of carbonyl (C=O) groups is 3. The van der Waals surface area contributed by atoms with Gasteiger partial charge in [0.05, 0.1) is 6.26 Å². The molecular formula is C24H24N4O4. The summed E-state index contributed by atoms with van der Waals surface area (Å²) in [5.74, 6) is -0.430. The fourth-order valence-corrected chi connectivity index (χ4v) is 4.56. The lowest BCUT2D eigenvalue weighted by atomic mass is 9.85. The van der Waals surface area contributed by atoms with Crippen LogP contribution in [0.25, 0.3) is 11.0 Å². The van der Waals surface area contributed by atoms with E-state index in [-0.39, 0.29) is 18.7 Å². The fourth-order valence-electron chi connectivity index (χ4n) is 4.56. The fraction of sp³-hybridized carbons (Fsp3) is 0.292. The zero-order valence-corrected chi connectivity index (χ0v) is 17.5. The molecule has 1 aromatic heterocycles. The normalized spacial score (nSPS) is 21.0. The first-order chi connectivity index (χ1) is 15.5. The largest absolute Gasteiger partial charge is 0.464 e. The molecule has 2 aromatic carbocycles. The Kier molecular flexibility index (Phi) is 5.05. The van der Waals surface area contributed by atoms with E-state index in [1.807, 2.05) is 41.3 Å². The van der Waals surface area contributed by atoms with Crippen LogP contribution in [-0.2, 0) is 15.1 Å². The van der Waals surface area contributed by atoms with E-state index in [1.54, 1.807) is 18.4 Å². The second-order valence-corrected chi connectivity index (χ2v) is 8.19. The van der Waals surface area contributed by atoms with E-state index in [0.717, 1.165) is 29.7 Å². The van der Waals surface area contributed by atoms with Crippen LogP contribution in [0, 0.1) is 0 Å². The van der Waals surface area contributed by atoms with Crippen molar-refractivity contribution in [2.75, 3.05) is 31.1 Å². The third-order valence-corrected chi connectivity index (χ3v) is 6.36. The van der Waals surface area contributed by atoms with Crippen molar-refractivity contribution in [3.05, 3.63) is 66.4 Å². The van der Waals surface area contributed by atoms with Gasteiger partial charge in [0.25, 0.3) is 5.91 Å². The van der Waals surface area contributed by atoms with Gasteiger partial charge < -0.3 is 19.5 Å². The number of benzene rings is 2. The number of furan rings is 1. The molecule has 3 aromatic rings. The molecule has 8 heteroatoms. The molecule has 3 heterocycles. The minimum atomic E-state index is -1.21. The summed E-state index contributed by atoms with van der Waals surface area (Å²) in [7, 11) is 0. The molecule has 1 atom stereocenters. The van der Waals surface area contributed by atoms with Crippen molar-refractivity contribution in [2.24, 2.45) is 0 Å². The van der Waals surface area contributed by atoms with Gasteiger partial charge in [-0.25, -0.2) is 4.79 Å². The van der Waals surface area contributed by atoms with Crippen molar-refractivity contribution in [3.8, 4) is 0 Å². The van der Waals surface area contributed by atoms with Gasteiger partial charge >= 0.3 is 6.03 Å². The Labute approximate surface area is 185 Å². The quantitative estimate of drug-likeness (QED) is 0.605. The minimum Gasteiger partial charge on any atom is -0.464 e. The lowest BCUT2D eigenvalue weighted by molar-refractivity contribution is -0.132. The number of piperazine rings is 1. The van der Waals surface area contributed by atoms with Crippen LogP contribution in [0.4, 0.5) is 10.5 Å². The first kappa shape index (κ1) is 20.1. The standard InChI is InChI=1S/C24H24N4O4/c29-21(8-10-24(18-4-2-1-3-5-18)22(30)25-23(31)26-24)28-13-11-27(12-14-28)19-6-7-20-17(16-19)9-15-32-20/h1-7,9,15-16H,8,10-14H2,(H2,25,26,30,31). The second-order valence-electron chi connectivity index (χ2n) is 8.19. The SMILES string of the molecule is O=C1NC(=O)C(CCC(=O)N2CCN(c3ccc4occc4c3)CC2)(c2ccccc2)N1. The minimum absolute atomic E-state index is 0.0146. The molecule has 2 aliphatic rings. The molecule has 0 saturated carbocycles. The number of hydrogen-bond acceptors (Lipinski definition) is 5. The van der Waals surface area contributed by atoms with Crippen molar-refractivity contribution < 1.29 is 18.8 Å². The maximum atomic E-state index is 13.0. The van der Waals surface area contributed by atoms with Crippen LogP contribution >= 0.6 is 0 Å². The Balaban J connectivity index is 1.22. The van der Waals surface area contributed by atoms with Crippen LogP contribution in [0.2, 0.25) is 0 Å². The summed E-state index contributed by atoms with van der Waals surface area (Å²) in [6, 6.07) is 16.6. The van der Waals surface area contributed by atoms with Gasteiger partial charge in [-0.05, 0) is 36.2 Å². The van der Waals surface area contributed by atoms with E-state index >= 15 is 0 Å². The molecule has 0 aliphatic carbocycles. The number of urea groups is 1. The molecule has 0 radical (unpaired) electrons. The second kappa shape index (κ2) is 8.03. The lowest BCUT2D eigenvalue weighted by Crippen LogP contribution is -2.50. The maximum absolute atomic E-state index is 13.0. The summed E-state index contributed by atoms with van der Waals surface area (Å²) in [4.78, 5) is 41.6. The Morgan fingerprint density at radius 2 is 1.78 bits per heavy atom. The van der Waals surface area contributed by atoms with Crippen molar-refractivity contribution in [2.45, 2.75) is 18.4 Å². The van der Waals surface area contributed by atoms with Crippen LogP contribution in [0.5, 0.6) is 0 Å². The number of rotatable bonds is 5. The third-order valence-electron chi connectivity index (χ3n) is 6.36. The van der Waals surface area contributed by atoms with Crippen molar-refractivity contribution in [1.82, 2.24) is 15.5 Å². The van der Waals surface area contributed by atoms with Gasteiger partial charge in [0.2, 0.25) is 5.91 Å². The summed E-state index contributed by atoms with van der Waals surface area (Å²) in [5, 5.41) is 6.12. The molecule has 8 nitrogen and oxygen atoms in total. The number of imide groups is 1. The summed E-state index contributed by atoms with van der Waals surface area (Å²) < 4.78 is 5.41. The van der Waals surface area contributed by atoms with E-state index in [2.05, 4.69) is 21.6 Å². The van der Waals surface area contributed by atoms with Gasteiger partial charge in [0, 0.05) is 43.7 Å². The third kappa shape index (κ3) is 3.57. The number of fused-ring (bicyclic) bond motifs is 1. The van der Waals surface area contributed by atoms with E-state index in [1.165, 1.54) is 0 Å². The Hall–Kier alpha value is -3.81. The van der Waals surface area contributed by atoms with E-state index in [0.29, 0.717) is 18.7 Å². The van der Waals surface area contributed by atoms with Gasteiger partial charge in [-0.15, -0.1) is 0 Å². The number of carbonyl (C=O) groups excluding carboxylic acids is 3. The Morgan fingerprint density at radius 3 is 2.50 bits per heavy atom. The highest BCUT2D eigenvalue weighted by Gasteiger charge is 2.47. The van der Waals surface area contributed by atoms with Crippen LogP contribution in [-0.4, -0.2) is 48.9 Å².